The number of nitrogens with one attached hydrogen (secondary N) is 2. The number of hydrazone groups is 1. The molecule has 1 atom stereocenters. The van der Waals surface area contributed by atoms with Crippen LogP contribution >= 0.6 is 11.8 Å². The fourth-order valence-corrected chi connectivity index (χ4v) is 4.62. The zero-order valence-electron chi connectivity index (χ0n) is 19.4. The van der Waals surface area contributed by atoms with Gasteiger partial charge in [-0.25, -0.2) is 18.1 Å². The molecule has 2 N–H and O–H groups in total. The van der Waals surface area contributed by atoms with Gasteiger partial charge in [-0.2, -0.15) is 0 Å². The molecule has 1 aromatic carbocycles. The maximum absolute atomic E-state index is 13.4. The van der Waals surface area contributed by atoms with Crippen LogP contribution in [0, 0.1) is 10.8 Å². The Kier molecular flexibility index (Phi) is 7.63. The lowest BCUT2D eigenvalue weighted by molar-refractivity contribution is -0.143. The lowest BCUT2D eigenvalue weighted by atomic mass is 9.93. The third kappa shape index (κ3) is 5.99. The number of thioether (sulfide) groups is 1. The molecule has 2 amide bonds. The first kappa shape index (κ1) is 26.1. The summed E-state index contributed by atoms with van der Waals surface area (Å²) in [6.07, 6.45) is 0.217. The summed E-state index contributed by atoms with van der Waals surface area (Å²) in [5.41, 5.74) is -0.641. The van der Waals surface area contributed by atoms with Crippen LogP contribution in [0.15, 0.2) is 47.4 Å². The monoisotopic (exact) mass is 480 g/mol. The van der Waals surface area contributed by atoms with Gasteiger partial charge in [0.15, 0.2) is 5.17 Å². The lowest BCUT2D eigenvalue weighted by Crippen LogP contribution is -2.47. The number of sulfonamides is 1. The van der Waals surface area contributed by atoms with Crippen molar-refractivity contribution in [2.24, 2.45) is 15.9 Å². The molecule has 0 fully saturated rings. The molecule has 0 aromatic heterocycles. The summed E-state index contributed by atoms with van der Waals surface area (Å²) in [5.74, 6) is -0.483. The predicted molar refractivity (Wildman–Crippen MR) is 129 cm³/mol. The number of nitrogens with zero attached hydrogens (tertiary/aromatic N) is 2. The first-order valence-corrected chi connectivity index (χ1v) is 12.6. The fourth-order valence-electron chi connectivity index (χ4n) is 2.86. The number of rotatable bonds is 6. The van der Waals surface area contributed by atoms with Gasteiger partial charge in [0, 0.05) is 29.2 Å². The van der Waals surface area contributed by atoms with Gasteiger partial charge >= 0.3 is 0 Å². The van der Waals surface area contributed by atoms with Crippen LogP contribution in [0.5, 0.6) is 0 Å². The summed E-state index contributed by atoms with van der Waals surface area (Å²) in [6.45, 7) is 14.1. The van der Waals surface area contributed by atoms with Crippen LogP contribution in [0.25, 0.3) is 0 Å². The minimum absolute atomic E-state index is 0.0419. The van der Waals surface area contributed by atoms with Crippen molar-refractivity contribution in [2.45, 2.75) is 52.8 Å². The number of amidine groups is 1. The molecule has 0 spiro atoms. The molecular formula is C22H32N4O4S2. The SMILES string of the molecule is C=CS(=O)(=O)NCCC1(c2ccccc2)SC(NC(=O)C(C)(C)C)=NN1C(=O)C(C)(C)C. The molecule has 0 saturated carbocycles. The van der Waals surface area contributed by atoms with Crippen LogP contribution in [0.2, 0.25) is 0 Å². The van der Waals surface area contributed by atoms with E-state index in [1.54, 1.807) is 41.5 Å². The van der Waals surface area contributed by atoms with E-state index in [9.17, 15) is 18.0 Å². The third-order valence-electron chi connectivity index (χ3n) is 4.75. The first-order valence-electron chi connectivity index (χ1n) is 10.2. The zero-order valence-corrected chi connectivity index (χ0v) is 21.1. The zero-order chi connectivity index (χ0) is 24.4. The summed E-state index contributed by atoms with van der Waals surface area (Å²) in [6, 6.07) is 9.27. The topological polar surface area (TPSA) is 108 Å². The van der Waals surface area contributed by atoms with Gasteiger partial charge in [0.05, 0.1) is 0 Å². The van der Waals surface area contributed by atoms with Crippen molar-refractivity contribution < 1.29 is 18.0 Å². The van der Waals surface area contributed by atoms with Crippen molar-refractivity contribution >= 4 is 38.8 Å². The fraction of sp³-hybridized carbons (Fsp3) is 0.500. The Morgan fingerprint density at radius 2 is 1.72 bits per heavy atom. The van der Waals surface area contributed by atoms with Gasteiger partial charge < -0.3 is 5.32 Å². The summed E-state index contributed by atoms with van der Waals surface area (Å²) < 4.78 is 26.3. The molecule has 0 aliphatic carbocycles. The Hall–Kier alpha value is -2.17. The Balaban J connectivity index is 2.53. The summed E-state index contributed by atoms with van der Waals surface area (Å²) in [4.78, 5) is 25.0. The quantitative estimate of drug-likeness (QED) is 0.649. The third-order valence-corrected chi connectivity index (χ3v) is 7.12. The number of amides is 2. The van der Waals surface area contributed by atoms with E-state index in [0.29, 0.717) is 0 Å². The van der Waals surface area contributed by atoms with E-state index in [4.69, 9.17) is 0 Å². The predicted octanol–water partition coefficient (Wildman–Crippen LogP) is 3.35. The normalized spacial score (nSPS) is 19.4. The van der Waals surface area contributed by atoms with Gasteiger partial charge in [-0.15, -0.1) is 5.10 Å². The van der Waals surface area contributed by atoms with E-state index in [1.165, 1.54) is 16.8 Å². The number of hydrogen-bond donors (Lipinski definition) is 2. The van der Waals surface area contributed by atoms with E-state index in [0.717, 1.165) is 11.0 Å². The van der Waals surface area contributed by atoms with E-state index < -0.39 is 25.7 Å². The van der Waals surface area contributed by atoms with E-state index in [1.807, 2.05) is 30.3 Å². The van der Waals surface area contributed by atoms with Crippen LogP contribution < -0.4 is 10.0 Å². The lowest BCUT2D eigenvalue weighted by Gasteiger charge is -2.38. The van der Waals surface area contributed by atoms with Crippen LogP contribution in [-0.2, 0) is 24.5 Å². The number of hydrogen-bond acceptors (Lipinski definition) is 6. The first-order chi connectivity index (χ1) is 14.6. The van der Waals surface area contributed by atoms with Crippen molar-refractivity contribution in [3.63, 3.8) is 0 Å². The van der Waals surface area contributed by atoms with Crippen molar-refractivity contribution in [2.75, 3.05) is 6.54 Å². The van der Waals surface area contributed by atoms with Crippen LogP contribution in [0.1, 0.15) is 53.5 Å². The molecule has 10 heteroatoms. The average molecular weight is 481 g/mol. The molecule has 0 saturated heterocycles. The number of carbonyl (C=O) groups is 2. The molecule has 1 aliphatic heterocycles. The minimum atomic E-state index is -3.64. The van der Waals surface area contributed by atoms with Crippen molar-refractivity contribution in [3.05, 3.63) is 47.9 Å². The maximum Gasteiger partial charge on any atom is 0.249 e. The van der Waals surface area contributed by atoms with Crippen LogP contribution in [0.4, 0.5) is 0 Å². The molecule has 176 valence electrons. The highest BCUT2D eigenvalue weighted by atomic mass is 32.2. The van der Waals surface area contributed by atoms with Crippen LogP contribution in [0.3, 0.4) is 0 Å². The van der Waals surface area contributed by atoms with Crippen molar-refractivity contribution in [1.82, 2.24) is 15.0 Å². The Morgan fingerprint density at radius 1 is 1.12 bits per heavy atom. The second-order valence-electron chi connectivity index (χ2n) is 9.58. The molecule has 8 nitrogen and oxygen atoms in total. The smallest absolute Gasteiger partial charge is 0.249 e. The molecule has 2 rings (SSSR count). The second kappa shape index (κ2) is 9.36. The molecule has 32 heavy (non-hydrogen) atoms. The second-order valence-corrected chi connectivity index (χ2v) is 12.6. The summed E-state index contributed by atoms with van der Waals surface area (Å²) in [7, 11) is -3.64. The highest BCUT2D eigenvalue weighted by Gasteiger charge is 2.51. The standard InChI is InChI=1S/C22H32N4O4S2/c1-8-32(29,30)23-15-14-22(16-12-10-9-11-13-16)26(18(28)21(5,6)7)25-19(31-22)24-17(27)20(2,3)4/h8-13,23H,1,14-15H2,2-7H3,(H,24,25,27). The highest BCUT2D eigenvalue weighted by Crippen LogP contribution is 2.49. The molecule has 0 radical (unpaired) electrons. The average Bonchev–Trinajstić information content (AvgIpc) is 3.05. The highest BCUT2D eigenvalue weighted by molar-refractivity contribution is 8.14. The Labute approximate surface area is 195 Å². The van der Waals surface area contributed by atoms with Gasteiger partial charge in [0.25, 0.3) is 0 Å². The molecule has 0 bridgehead atoms. The van der Waals surface area contributed by atoms with Gasteiger partial charge in [0.2, 0.25) is 21.8 Å². The molecule has 1 aliphatic rings. The van der Waals surface area contributed by atoms with Crippen molar-refractivity contribution in [1.29, 1.82) is 0 Å². The van der Waals surface area contributed by atoms with Gasteiger partial charge in [-0.05, 0) is 5.56 Å². The maximum atomic E-state index is 13.4. The van der Waals surface area contributed by atoms with Gasteiger partial charge in [0.1, 0.15) is 4.87 Å². The van der Waals surface area contributed by atoms with Crippen LogP contribution in [-0.4, -0.2) is 37.0 Å². The van der Waals surface area contributed by atoms with E-state index in [-0.39, 0.29) is 29.9 Å². The molecule has 1 heterocycles. The Bertz CT molecular complexity index is 1010. The van der Waals surface area contributed by atoms with Gasteiger partial charge in [-0.3, -0.25) is 9.59 Å². The van der Waals surface area contributed by atoms with Crippen molar-refractivity contribution in [3.8, 4) is 0 Å². The van der Waals surface area contributed by atoms with Gasteiger partial charge in [-0.1, -0.05) is 90.2 Å². The largest absolute Gasteiger partial charge is 0.303 e. The van der Waals surface area contributed by atoms with E-state index >= 15 is 0 Å². The van der Waals surface area contributed by atoms with E-state index in [2.05, 4.69) is 21.7 Å². The molecular weight excluding hydrogens is 448 g/mol. The molecule has 1 unspecified atom stereocenters. The number of carbonyl (C=O) groups excluding carboxylic acids is 2. The Morgan fingerprint density at radius 3 is 2.22 bits per heavy atom. The molecule has 1 aromatic rings. The minimum Gasteiger partial charge on any atom is -0.303 e. The summed E-state index contributed by atoms with van der Waals surface area (Å²) >= 11 is 1.23. The summed E-state index contributed by atoms with van der Waals surface area (Å²) in [5, 5.41) is 9.84. The number of benzene rings is 1.